The molecule has 2 rings (SSSR count). The van der Waals surface area contributed by atoms with Crippen LogP contribution < -0.4 is 11.4 Å². The molecular weight excluding hydrogens is 461 g/mol. The van der Waals surface area contributed by atoms with E-state index in [9.17, 15) is 9.90 Å². The van der Waals surface area contributed by atoms with Crippen LogP contribution in [0.5, 0.6) is 0 Å². The predicted molar refractivity (Wildman–Crippen MR) is 129 cm³/mol. The van der Waals surface area contributed by atoms with Crippen molar-refractivity contribution in [2.45, 2.75) is 84.4 Å². The van der Waals surface area contributed by atoms with E-state index in [4.69, 9.17) is 29.5 Å². The summed E-state index contributed by atoms with van der Waals surface area (Å²) in [5.41, 5.74) is 4.62. The summed E-state index contributed by atoms with van der Waals surface area (Å²) in [7, 11) is -1.57. The molecule has 0 aromatic carbocycles. The molecule has 12 heteroatoms. The highest BCUT2D eigenvalue weighted by atomic mass is 31.2. The zero-order valence-electron chi connectivity index (χ0n) is 20.9. The Morgan fingerprint density at radius 1 is 1.41 bits per heavy atom. The molecule has 1 fully saturated rings. The first-order chi connectivity index (χ1) is 16.1. The number of nitrogen functional groups attached to an aromatic ring is 1. The number of aryl methyl sites for hydroxylation is 1. The molecule has 1 aromatic heterocycles. The number of aliphatic hydroxyl groups is 1. The van der Waals surface area contributed by atoms with Crippen LogP contribution in [0.4, 0.5) is 5.82 Å². The lowest BCUT2D eigenvalue weighted by molar-refractivity contribution is -0.192. The van der Waals surface area contributed by atoms with Crippen molar-refractivity contribution in [2.24, 2.45) is 0 Å². The van der Waals surface area contributed by atoms with E-state index in [0.717, 1.165) is 0 Å². The first-order valence-electron chi connectivity index (χ1n) is 11.5. The number of rotatable bonds is 11. The van der Waals surface area contributed by atoms with Crippen LogP contribution in [0.1, 0.15) is 59.3 Å². The van der Waals surface area contributed by atoms with E-state index in [0.29, 0.717) is 18.6 Å². The first kappa shape index (κ1) is 28.6. The minimum Gasteiger partial charge on any atom is -0.393 e. The summed E-state index contributed by atoms with van der Waals surface area (Å²) in [5.74, 6) is 0.166. The van der Waals surface area contributed by atoms with Crippen molar-refractivity contribution in [2.75, 3.05) is 32.2 Å². The number of hydrogen-bond acceptors (Lipinski definition) is 10. The summed E-state index contributed by atoms with van der Waals surface area (Å²) in [6, 6.07) is 2.32. The van der Waals surface area contributed by atoms with Gasteiger partial charge in [0.2, 0.25) is 0 Å². The van der Waals surface area contributed by atoms with E-state index in [2.05, 4.69) is 15.7 Å². The summed E-state index contributed by atoms with van der Waals surface area (Å²) in [6.45, 7) is 12.0. The topological polar surface area (TPSA) is 145 Å². The Bertz CT molecular complexity index is 884. The molecule has 0 aliphatic carbocycles. The van der Waals surface area contributed by atoms with Gasteiger partial charge < -0.3 is 29.4 Å². The van der Waals surface area contributed by atoms with E-state index in [1.54, 1.807) is 20.0 Å². The van der Waals surface area contributed by atoms with Gasteiger partial charge in [-0.2, -0.15) is 10.2 Å². The van der Waals surface area contributed by atoms with E-state index in [1.807, 2.05) is 27.7 Å². The molecule has 1 aliphatic heterocycles. The minimum atomic E-state index is -1.57. The first-order valence-corrected chi connectivity index (χ1v) is 12.7. The Hall–Kier alpha value is -1.64. The molecule has 11 nitrogen and oxygen atoms in total. The van der Waals surface area contributed by atoms with Crippen LogP contribution in [0.3, 0.4) is 0 Å². The van der Waals surface area contributed by atoms with Gasteiger partial charge in [-0.05, 0) is 41.5 Å². The molecule has 1 aromatic rings. The van der Waals surface area contributed by atoms with Gasteiger partial charge in [0.15, 0.2) is 0 Å². The monoisotopic (exact) mass is 499 g/mol. The third kappa shape index (κ3) is 6.95. The fraction of sp³-hybridized carbons (Fsp3) is 0.773. The highest BCUT2D eigenvalue weighted by molar-refractivity contribution is 7.44. The number of hydrogen-bond donors (Lipinski definition) is 2. The average molecular weight is 500 g/mol. The van der Waals surface area contributed by atoms with Crippen LogP contribution in [0.2, 0.25) is 0 Å². The zero-order chi connectivity index (χ0) is 25.5. The molecule has 1 aliphatic rings. The van der Waals surface area contributed by atoms with E-state index in [1.165, 1.54) is 4.57 Å². The normalized spacial score (nSPS) is 23.1. The second-order valence-electron chi connectivity index (χ2n) is 8.93. The molecule has 4 atom stereocenters. The van der Waals surface area contributed by atoms with Gasteiger partial charge in [0.25, 0.3) is 8.53 Å². The Kier molecular flexibility index (Phi) is 10.8. The fourth-order valence-electron chi connectivity index (χ4n) is 3.72. The van der Waals surface area contributed by atoms with Crippen molar-refractivity contribution in [3.63, 3.8) is 0 Å². The van der Waals surface area contributed by atoms with Crippen molar-refractivity contribution in [1.82, 2.24) is 14.2 Å². The minimum absolute atomic E-state index is 0.0715. The molecule has 0 bridgehead atoms. The largest absolute Gasteiger partial charge is 0.393 e. The molecule has 0 radical (unpaired) electrons. The van der Waals surface area contributed by atoms with Crippen molar-refractivity contribution < 1.29 is 23.6 Å². The van der Waals surface area contributed by atoms with Gasteiger partial charge in [0.05, 0.1) is 45.0 Å². The van der Waals surface area contributed by atoms with Gasteiger partial charge in [0, 0.05) is 30.3 Å². The smallest absolute Gasteiger partial charge is 0.351 e. The second kappa shape index (κ2) is 12.9. The van der Waals surface area contributed by atoms with E-state index < -0.39 is 38.8 Å². The number of aromatic nitrogens is 2. The molecule has 0 spiro atoms. The molecule has 0 saturated carbocycles. The zero-order valence-corrected chi connectivity index (χ0v) is 21.8. The molecule has 2 unspecified atom stereocenters. The maximum atomic E-state index is 12.5. The van der Waals surface area contributed by atoms with Crippen LogP contribution in [0.15, 0.2) is 11.0 Å². The fourth-order valence-corrected chi connectivity index (χ4v) is 5.49. The number of aliphatic hydroxyl groups excluding tert-OH is 1. The molecule has 2 heterocycles. The van der Waals surface area contributed by atoms with Crippen molar-refractivity contribution >= 4 is 14.3 Å². The van der Waals surface area contributed by atoms with Crippen molar-refractivity contribution in [3.8, 4) is 6.07 Å². The van der Waals surface area contributed by atoms with Crippen LogP contribution in [-0.4, -0.2) is 69.5 Å². The lowest BCUT2D eigenvalue weighted by Crippen LogP contribution is -2.52. The highest BCUT2D eigenvalue weighted by Gasteiger charge is 2.45. The standard InChI is InChI=1S/C22H38N5O6P/c1-15(2)27(16(3)4)34(31-10-7-9-23)33-18(6)22(13-28)14-30-11-8-19(32-22)26-12-17(5)20(24)25-21(26)29/h12,15-16,18-19,28H,7-8,10-11,13-14H2,1-6H3,(H2,24,25,29)/t18-,19?,22+,34?/m1/s1. The number of nitriles is 1. The molecular formula is C22H38N5O6P. The summed E-state index contributed by atoms with van der Waals surface area (Å²) in [4.78, 5) is 16.4. The maximum absolute atomic E-state index is 12.5. The van der Waals surface area contributed by atoms with E-state index >= 15 is 0 Å². The molecule has 34 heavy (non-hydrogen) atoms. The van der Waals surface area contributed by atoms with Crippen molar-refractivity contribution in [3.05, 3.63) is 22.2 Å². The quantitative estimate of drug-likeness (QED) is 0.344. The summed E-state index contributed by atoms with van der Waals surface area (Å²) < 4.78 is 28.0. The number of anilines is 1. The Morgan fingerprint density at radius 2 is 2.09 bits per heavy atom. The SMILES string of the molecule is Cc1cn(C2CCOC[C@@](CO)([C@@H](C)OP(OCCC#N)N(C(C)C)C(C)C)O2)c(=O)nc1N. The Balaban J connectivity index is 2.34. The number of ether oxygens (including phenoxy) is 2. The van der Waals surface area contributed by atoms with Gasteiger partial charge in [0.1, 0.15) is 17.6 Å². The second-order valence-corrected chi connectivity index (χ2v) is 10.3. The number of nitrogens with zero attached hydrogens (tertiary/aromatic N) is 4. The van der Waals surface area contributed by atoms with Crippen LogP contribution in [-0.2, 0) is 18.5 Å². The van der Waals surface area contributed by atoms with Gasteiger partial charge in [-0.25, -0.2) is 9.46 Å². The lowest BCUT2D eigenvalue weighted by atomic mass is 10.00. The molecule has 192 valence electrons. The van der Waals surface area contributed by atoms with Crippen LogP contribution in [0, 0.1) is 18.3 Å². The van der Waals surface area contributed by atoms with Gasteiger partial charge in [-0.1, -0.05) is 0 Å². The maximum Gasteiger partial charge on any atom is 0.351 e. The third-order valence-corrected chi connectivity index (χ3v) is 7.83. The van der Waals surface area contributed by atoms with Gasteiger partial charge in [-0.3, -0.25) is 4.57 Å². The number of nitrogens with two attached hydrogens (primary N) is 1. The Labute approximate surface area is 202 Å². The summed E-state index contributed by atoms with van der Waals surface area (Å²) in [6.07, 6.45) is 0.837. The summed E-state index contributed by atoms with van der Waals surface area (Å²) in [5, 5.41) is 19.4. The third-order valence-electron chi connectivity index (χ3n) is 5.63. The lowest BCUT2D eigenvalue weighted by Gasteiger charge is -2.42. The molecule has 0 amide bonds. The highest BCUT2D eigenvalue weighted by Crippen LogP contribution is 2.49. The summed E-state index contributed by atoms with van der Waals surface area (Å²) >= 11 is 0. The van der Waals surface area contributed by atoms with Crippen LogP contribution >= 0.6 is 8.53 Å². The molecule has 1 saturated heterocycles. The van der Waals surface area contributed by atoms with Gasteiger partial charge >= 0.3 is 5.69 Å². The predicted octanol–water partition coefficient (Wildman–Crippen LogP) is 2.48. The van der Waals surface area contributed by atoms with E-state index in [-0.39, 0.29) is 37.5 Å². The van der Waals surface area contributed by atoms with Crippen molar-refractivity contribution in [1.29, 1.82) is 5.26 Å². The van der Waals surface area contributed by atoms with Gasteiger partial charge in [-0.15, -0.1) is 0 Å². The Morgan fingerprint density at radius 3 is 2.68 bits per heavy atom. The van der Waals surface area contributed by atoms with Crippen LogP contribution in [0.25, 0.3) is 0 Å². The molecule has 3 N–H and O–H groups in total. The average Bonchev–Trinajstić information content (AvgIpc) is 2.99.